The van der Waals surface area contributed by atoms with Crippen LogP contribution < -0.4 is 5.73 Å². The lowest BCUT2D eigenvalue weighted by molar-refractivity contribution is 0.184. The van der Waals surface area contributed by atoms with Crippen LogP contribution in [0.1, 0.15) is 32.6 Å². The van der Waals surface area contributed by atoms with Crippen molar-refractivity contribution in [1.29, 1.82) is 0 Å². The Kier molecular flexibility index (Phi) is 5.40. The highest BCUT2D eigenvalue weighted by Gasteiger charge is 2.31. The van der Waals surface area contributed by atoms with E-state index in [-0.39, 0.29) is 17.1 Å². The van der Waals surface area contributed by atoms with Crippen LogP contribution in [0.3, 0.4) is 0 Å². The molecule has 2 atom stereocenters. The number of hydrogen-bond donors (Lipinski definition) is 2. The van der Waals surface area contributed by atoms with E-state index in [4.69, 9.17) is 10.9 Å². The normalized spacial score (nSPS) is 26.5. The van der Waals surface area contributed by atoms with Crippen LogP contribution in [-0.2, 0) is 9.84 Å². The van der Waals surface area contributed by atoms with Gasteiger partial charge in [-0.2, -0.15) is 0 Å². The van der Waals surface area contributed by atoms with Gasteiger partial charge in [0.2, 0.25) is 0 Å². The summed E-state index contributed by atoms with van der Waals surface area (Å²) in [4.78, 5) is 2.08. The van der Waals surface area contributed by atoms with Gasteiger partial charge in [-0.05, 0) is 25.8 Å². The lowest BCUT2D eigenvalue weighted by Crippen LogP contribution is -2.45. The first-order valence-corrected chi connectivity index (χ1v) is 8.23. The Morgan fingerprint density at radius 2 is 2.17 bits per heavy atom. The SMILES string of the molecule is CCN(C/C(N)=N/O)C1CCCC(S(C)(=O)=O)C1. The smallest absolute Gasteiger partial charge is 0.153 e. The van der Waals surface area contributed by atoms with Crippen LogP contribution in [0.2, 0.25) is 0 Å². The molecule has 1 rings (SSSR count). The second kappa shape index (κ2) is 6.38. The molecule has 7 heteroatoms. The molecule has 1 aliphatic carbocycles. The molecular formula is C11H23N3O3S. The Hall–Kier alpha value is -0.820. The van der Waals surface area contributed by atoms with Gasteiger partial charge in [0.1, 0.15) is 9.84 Å². The van der Waals surface area contributed by atoms with Crippen LogP contribution in [-0.4, -0.2) is 55.0 Å². The molecule has 0 aromatic carbocycles. The van der Waals surface area contributed by atoms with E-state index in [0.29, 0.717) is 13.0 Å². The molecule has 1 saturated carbocycles. The van der Waals surface area contributed by atoms with E-state index in [2.05, 4.69) is 10.1 Å². The first-order valence-electron chi connectivity index (χ1n) is 6.27. The average Bonchev–Trinajstić information content (AvgIpc) is 2.34. The largest absolute Gasteiger partial charge is 0.409 e. The fraction of sp³-hybridized carbons (Fsp3) is 0.909. The summed E-state index contributed by atoms with van der Waals surface area (Å²) in [6, 6.07) is 0.198. The van der Waals surface area contributed by atoms with Crippen molar-refractivity contribution in [3.63, 3.8) is 0 Å². The first-order chi connectivity index (χ1) is 8.38. The molecule has 0 spiro atoms. The molecule has 0 heterocycles. The highest BCUT2D eigenvalue weighted by molar-refractivity contribution is 7.91. The number of hydrogen-bond acceptors (Lipinski definition) is 5. The molecule has 0 bridgehead atoms. The second-order valence-corrected chi connectivity index (χ2v) is 7.25. The molecule has 18 heavy (non-hydrogen) atoms. The van der Waals surface area contributed by atoms with Crippen molar-refractivity contribution in [3.8, 4) is 0 Å². The Bertz CT molecular complexity index is 394. The predicted octanol–water partition coefficient (Wildman–Crippen LogP) is 0.411. The molecule has 106 valence electrons. The summed E-state index contributed by atoms with van der Waals surface area (Å²) in [6.07, 6.45) is 4.58. The van der Waals surface area contributed by atoms with Crippen LogP contribution in [0, 0.1) is 0 Å². The van der Waals surface area contributed by atoms with Crippen molar-refractivity contribution >= 4 is 15.7 Å². The summed E-state index contributed by atoms with van der Waals surface area (Å²) in [7, 11) is -2.97. The van der Waals surface area contributed by atoms with Gasteiger partial charge in [0, 0.05) is 12.3 Å². The van der Waals surface area contributed by atoms with Crippen LogP contribution in [0.25, 0.3) is 0 Å². The minimum Gasteiger partial charge on any atom is -0.409 e. The molecule has 0 amide bonds. The predicted molar refractivity (Wildman–Crippen MR) is 71.5 cm³/mol. The number of likely N-dealkylation sites (N-methyl/N-ethyl adjacent to an activating group) is 1. The molecule has 6 nitrogen and oxygen atoms in total. The van der Waals surface area contributed by atoms with Crippen LogP contribution in [0.5, 0.6) is 0 Å². The van der Waals surface area contributed by atoms with E-state index in [1.165, 1.54) is 6.26 Å². The Morgan fingerprint density at radius 3 is 2.67 bits per heavy atom. The summed E-state index contributed by atoms with van der Waals surface area (Å²) in [5.74, 6) is 0.165. The highest BCUT2D eigenvalue weighted by Crippen LogP contribution is 2.27. The molecule has 1 aliphatic rings. The minimum atomic E-state index is -2.97. The topological polar surface area (TPSA) is 96.0 Å². The zero-order valence-electron chi connectivity index (χ0n) is 11.0. The first kappa shape index (κ1) is 15.2. The van der Waals surface area contributed by atoms with E-state index in [0.717, 1.165) is 25.8 Å². The van der Waals surface area contributed by atoms with Crippen molar-refractivity contribution in [2.24, 2.45) is 10.9 Å². The molecule has 1 fully saturated rings. The zero-order valence-corrected chi connectivity index (χ0v) is 11.9. The summed E-state index contributed by atoms with van der Waals surface area (Å²) in [5, 5.41) is 11.3. The van der Waals surface area contributed by atoms with Gasteiger partial charge in [-0.1, -0.05) is 18.5 Å². The Labute approximate surface area is 109 Å². The molecular weight excluding hydrogens is 254 g/mol. The fourth-order valence-electron chi connectivity index (χ4n) is 2.58. The van der Waals surface area contributed by atoms with Crippen molar-refractivity contribution in [1.82, 2.24) is 4.90 Å². The maximum Gasteiger partial charge on any atom is 0.153 e. The van der Waals surface area contributed by atoms with Gasteiger partial charge in [0.25, 0.3) is 0 Å². The van der Waals surface area contributed by atoms with E-state index < -0.39 is 9.84 Å². The van der Waals surface area contributed by atoms with Crippen LogP contribution >= 0.6 is 0 Å². The van der Waals surface area contributed by atoms with E-state index in [9.17, 15) is 8.42 Å². The third kappa shape index (κ3) is 4.13. The van der Waals surface area contributed by atoms with E-state index in [1.54, 1.807) is 0 Å². The average molecular weight is 277 g/mol. The molecule has 0 aromatic heterocycles. The maximum absolute atomic E-state index is 11.6. The third-order valence-electron chi connectivity index (χ3n) is 3.62. The zero-order chi connectivity index (χ0) is 13.8. The van der Waals surface area contributed by atoms with Gasteiger partial charge in [0.05, 0.1) is 11.8 Å². The molecule has 3 N–H and O–H groups in total. The van der Waals surface area contributed by atoms with E-state index >= 15 is 0 Å². The number of oxime groups is 1. The lowest BCUT2D eigenvalue weighted by Gasteiger charge is -2.36. The Balaban J connectivity index is 2.69. The van der Waals surface area contributed by atoms with Gasteiger partial charge in [-0.3, -0.25) is 4.90 Å². The summed E-state index contributed by atoms with van der Waals surface area (Å²) < 4.78 is 23.2. The van der Waals surface area contributed by atoms with Crippen molar-refractivity contribution in [2.45, 2.75) is 43.9 Å². The molecule has 2 unspecified atom stereocenters. The lowest BCUT2D eigenvalue weighted by atomic mass is 9.93. The number of nitrogens with two attached hydrogens (primary N) is 1. The van der Waals surface area contributed by atoms with Gasteiger partial charge >= 0.3 is 0 Å². The molecule has 0 aromatic rings. The third-order valence-corrected chi connectivity index (χ3v) is 5.26. The molecule has 0 radical (unpaired) electrons. The number of amidine groups is 1. The Morgan fingerprint density at radius 1 is 1.50 bits per heavy atom. The van der Waals surface area contributed by atoms with E-state index in [1.807, 2.05) is 6.92 Å². The monoisotopic (exact) mass is 277 g/mol. The molecule has 0 aliphatic heterocycles. The van der Waals surface area contributed by atoms with Crippen LogP contribution in [0.4, 0.5) is 0 Å². The van der Waals surface area contributed by atoms with Gasteiger partial charge in [0.15, 0.2) is 5.84 Å². The summed E-state index contributed by atoms with van der Waals surface area (Å²) in [6.45, 7) is 3.14. The van der Waals surface area contributed by atoms with Crippen molar-refractivity contribution < 1.29 is 13.6 Å². The highest BCUT2D eigenvalue weighted by atomic mass is 32.2. The minimum absolute atomic E-state index is 0.165. The number of sulfone groups is 1. The standard InChI is InChI=1S/C11H23N3O3S/c1-3-14(8-11(12)13-15)9-5-4-6-10(7-9)18(2,16)17/h9-10,15H,3-8H2,1-2H3,(H2,12,13). The molecule has 0 saturated heterocycles. The van der Waals surface area contributed by atoms with Gasteiger partial charge in [-0.25, -0.2) is 8.42 Å². The quantitative estimate of drug-likeness (QED) is 0.328. The van der Waals surface area contributed by atoms with Crippen molar-refractivity contribution in [2.75, 3.05) is 19.3 Å². The van der Waals surface area contributed by atoms with Gasteiger partial charge in [-0.15, -0.1) is 0 Å². The number of rotatable bonds is 5. The number of nitrogens with zero attached hydrogens (tertiary/aromatic N) is 2. The van der Waals surface area contributed by atoms with Crippen molar-refractivity contribution in [3.05, 3.63) is 0 Å². The fourth-order valence-corrected chi connectivity index (χ4v) is 3.75. The van der Waals surface area contributed by atoms with Gasteiger partial charge < -0.3 is 10.9 Å². The summed E-state index contributed by atoms with van der Waals surface area (Å²) >= 11 is 0. The second-order valence-electron chi connectivity index (χ2n) is 4.93. The van der Waals surface area contributed by atoms with Crippen LogP contribution in [0.15, 0.2) is 5.16 Å². The maximum atomic E-state index is 11.6. The summed E-state index contributed by atoms with van der Waals surface area (Å²) in [5.41, 5.74) is 5.52.